The lowest BCUT2D eigenvalue weighted by atomic mass is 9.77. The van der Waals surface area contributed by atoms with Crippen molar-refractivity contribution >= 4 is 0 Å². The number of hydrogen-bond acceptors (Lipinski definition) is 4. The van der Waals surface area contributed by atoms with Gasteiger partial charge in [-0.15, -0.1) is 0 Å². The van der Waals surface area contributed by atoms with Crippen LogP contribution in [0.5, 0.6) is 0 Å². The Morgan fingerprint density at radius 3 is 1.48 bits per heavy atom. The second-order valence-corrected chi connectivity index (χ2v) is 7.79. The van der Waals surface area contributed by atoms with Crippen LogP contribution >= 0.6 is 0 Å². The number of ether oxygens (including phenoxy) is 4. The Morgan fingerprint density at radius 2 is 1.03 bits per heavy atom. The molecule has 1 heterocycles. The zero-order valence-corrected chi connectivity index (χ0v) is 17.2. The molecular weight excluding hydrogens is 364 g/mol. The van der Waals surface area contributed by atoms with Gasteiger partial charge in [-0.25, -0.2) is 0 Å². The molecule has 0 radical (unpaired) electrons. The molecule has 0 atom stereocenters. The molecule has 1 aliphatic heterocycles. The normalized spacial score (nSPS) is 19.4. The van der Waals surface area contributed by atoms with Crippen molar-refractivity contribution in [1.29, 1.82) is 0 Å². The van der Waals surface area contributed by atoms with E-state index in [0.29, 0.717) is 52.9 Å². The molecule has 0 saturated carbocycles. The highest BCUT2D eigenvalue weighted by molar-refractivity contribution is 5.21. The first-order valence-electron chi connectivity index (χ1n) is 10.3. The SMILES string of the molecule is C=C1COCCOCC(Cc2ccccc2)(Cc2ccccc2)COCCOC1. The molecule has 1 saturated heterocycles. The molecular formula is C25H32O4. The van der Waals surface area contributed by atoms with E-state index < -0.39 is 0 Å². The minimum absolute atomic E-state index is 0.156. The van der Waals surface area contributed by atoms with E-state index >= 15 is 0 Å². The van der Waals surface area contributed by atoms with Gasteiger partial charge in [-0.3, -0.25) is 0 Å². The first kappa shape index (κ1) is 21.7. The Morgan fingerprint density at radius 1 is 0.621 bits per heavy atom. The highest BCUT2D eigenvalue weighted by atomic mass is 16.5. The summed E-state index contributed by atoms with van der Waals surface area (Å²) in [7, 11) is 0. The van der Waals surface area contributed by atoms with Gasteiger partial charge in [0.15, 0.2) is 0 Å². The molecule has 1 aliphatic rings. The fraction of sp³-hybridized carbons (Fsp3) is 0.440. The van der Waals surface area contributed by atoms with Crippen molar-refractivity contribution in [1.82, 2.24) is 0 Å². The van der Waals surface area contributed by atoms with Gasteiger partial charge in [-0.05, 0) is 29.5 Å². The molecule has 0 bridgehead atoms. The van der Waals surface area contributed by atoms with Crippen LogP contribution in [0.3, 0.4) is 0 Å². The summed E-state index contributed by atoms with van der Waals surface area (Å²) in [6.45, 7) is 8.41. The molecule has 0 unspecified atom stereocenters. The van der Waals surface area contributed by atoms with E-state index in [9.17, 15) is 0 Å². The van der Waals surface area contributed by atoms with Gasteiger partial charge in [0.25, 0.3) is 0 Å². The van der Waals surface area contributed by atoms with Gasteiger partial charge in [0.05, 0.1) is 52.9 Å². The molecule has 1 fully saturated rings. The third-order valence-electron chi connectivity index (χ3n) is 5.02. The van der Waals surface area contributed by atoms with Gasteiger partial charge in [0, 0.05) is 5.41 Å². The van der Waals surface area contributed by atoms with Crippen LogP contribution < -0.4 is 0 Å². The monoisotopic (exact) mass is 396 g/mol. The van der Waals surface area contributed by atoms with Crippen molar-refractivity contribution in [2.75, 3.05) is 52.9 Å². The molecule has 3 rings (SSSR count). The van der Waals surface area contributed by atoms with Crippen LogP contribution in [0.25, 0.3) is 0 Å². The van der Waals surface area contributed by atoms with Crippen molar-refractivity contribution in [2.45, 2.75) is 12.8 Å². The molecule has 29 heavy (non-hydrogen) atoms. The minimum atomic E-state index is -0.156. The second kappa shape index (κ2) is 11.9. The molecule has 4 heteroatoms. The smallest absolute Gasteiger partial charge is 0.0704 e. The Bertz CT molecular complexity index is 653. The first-order valence-corrected chi connectivity index (χ1v) is 10.3. The summed E-state index contributed by atoms with van der Waals surface area (Å²) in [5.74, 6) is 0. The lowest BCUT2D eigenvalue weighted by Gasteiger charge is -2.34. The Hall–Kier alpha value is -1.98. The summed E-state index contributed by atoms with van der Waals surface area (Å²) >= 11 is 0. The molecule has 0 amide bonds. The van der Waals surface area contributed by atoms with Crippen molar-refractivity contribution in [3.8, 4) is 0 Å². The van der Waals surface area contributed by atoms with Gasteiger partial charge in [0.1, 0.15) is 0 Å². The molecule has 0 N–H and O–H groups in total. The summed E-state index contributed by atoms with van der Waals surface area (Å²) in [5.41, 5.74) is 3.36. The summed E-state index contributed by atoms with van der Waals surface area (Å²) in [6.07, 6.45) is 1.78. The zero-order chi connectivity index (χ0) is 20.2. The average Bonchev–Trinajstić information content (AvgIpc) is 2.74. The zero-order valence-electron chi connectivity index (χ0n) is 17.2. The van der Waals surface area contributed by atoms with Crippen molar-refractivity contribution in [3.05, 3.63) is 83.9 Å². The van der Waals surface area contributed by atoms with Crippen molar-refractivity contribution in [2.24, 2.45) is 5.41 Å². The Labute approximate surface area is 174 Å². The maximum Gasteiger partial charge on any atom is 0.0704 e. The van der Waals surface area contributed by atoms with Crippen LogP contribution in [-0.4, -0.2) is 52.9 Å². The van der Waals surface area contributed by atoms with Crippen molar-refractivity contribution < 1.29 is 18.9 Å². The number of rotatable bonds is 4. The van der Waals surface area contributed by atoms with Crippen LogP contribution in [0.4, 0.5) is 0 Å². The Kier molecular flexibility index (Phi) is 8.90. The lowest BCUT2D eigenvalue weighted by Crippen LogP contribution is -2.38. The third kappa shape index (κ3) is 7.75. The van der Waals surface area contributed by atoms with Crippen LogP contribution in [-0.2, 0) is 31.8 Å². The fourth-order valence-electron chi connectivity index (χ4n) is 3.65. The summed E-state index contributed by atoms with van der Waals surface area (Å²) in [6, 6.07) is 21.2. The fourth-order valence-corrected chi connectivity index (χ4v) is 3.65. The van der Waals surface area contributed by atoms with E-state index in [-0.39, 0.29) is 5.41 Å². The molecule has 2 aromatic carbocycles. The van der Waals surface area contributed by atoms with Gasteiger partial charge in [-0.1, -0.05) is 67.2 Å². The quantitative estimate of drug-likeness (QED) is 0.730. The van der Waals surface area contributed by atoms with E-state index in [0.717, 1.165) is 18.4 Å². The molecule has 0 aromatic heterocycles. The summed E-state index contributed by atoms with van der Waals surface area (Å²) in [5, 5.41) is 0. The molecule has 156 valence electrons. The standard InChI is InChI=1S/C25H32O4/c1-22-18-26-12-14-28-20-25(21-29-15-13-27-19-22,16-23-8-4-2-5-9-23)17-24-10-6-3-7-11-24/h2-11H,1,12-21H2. The van der Waals surface area contributed by atoms with E-state index in [2.05, 4.69) is 67.2 Å². The molecule has 4 nitrogen and oxygen atoms in total. The highest BCUT2D eigenvalue weighted by Crippen LogP contribution is 2.30. The van der Waals surface area contributed by atoms with Gasteiger partial charge in [-0.2, -0.15) is 0 Å². The summed E-state index contributed by atoms with van der Waals surface area (Å²) < 4.78 is 23.5. The predicted molar refractivity (Wildman–Crippen MR) is 115 cm³/mol. The predicted octanol–water partition coefficient (Wildman–Crippen LogP) is 4.09. The maximum absolute atomic E-state index is 6.11. The van der Waals surface area contributed by atoms with Gasteiger partial charge >= 0.3 is 0 Å². The number of benzene rings is 2. The van der Waals surface area contributed by atoms with E-state index in [4.69, 9.17) is 18.9 Å². The maximum atomic E-state index is 6.11. The topological polar surface area (TPSA) is 36.9 Å². The first-order chi connectivity index (χ1) is 14.3. The average molecular weight is 397 g/mol. The Balaban J connectivity index is 1.76. The number of hydrogen-bond donors (Lipinski definition) is 0. The van der Waals surface area contributed by atoms with Crippen LogP contribution in [0.15, 0.2) is 72.8 Å². The third-order valence-corrected chi connectivity index (χ3v) is 5.02. The minimum Gasteiger partial charge on any atom is -0.378 e. The second-order valence-electron chi connectivity index (χ2n) is 7.79. The van der Waals surface area contributed by atoms with Gasteiger partial charge < -0.3 is 18.9 Å². The van der Waals surface area contributed by atoms with Gasteiger partial charge in [0.2, 0.25) is 0 Å². The van der Waals surface area contributed by atoms with Crippen LogP contribution in [0, 0.1) is 5.41 Å². The molecule has 2 aromatic rings. The van der Waals surface area contributed by atoms with Crippen molar-refractivity contribution in [3.63, 3.8) is 0 Å². The lowest BCUT2D eigenvalue weighted by molar-refractivity contribution is -0.0494. The van der Waals surface area contributed by atoms with E-state index in [1.165, 1.54) is 11.1 Å². The van der Waals surface area contributed by atoms with Crippen LogP contribution in [0.2, 0.25) is 0 Å². The highest BCUT2D eigenvalue weighted by Gasteiger charge is 2.32. The van der Waals surface area contributed by atoms with E-state index in [1.54, 1.807) is 0 Å². The van der Waals surface area contributed by atoms with E-state index in [1.807, 2.05) is 0 Å². The summed E-state index contributed by atoms with van der Waals surface area (Å²) in [4.78, 5) is 0. The van der Waals surface area contributed by atoms with Crippen LogP contribution in [0.1, 0.15) is 11.1 Å². The molecule has 0 aliphatic carbocycles. The largest absolute Gasteiger partial charge is 0.378 e. The molecule has 0 spiro atoms.